The van der Waals surface area contributed by atoms with Crippen molar-refractivity contribution in [3.8, 4) is 5.88 Å². The first-order valence-electron chi connectivity index (χ1n) is 4.47. The molecule has 0 aliphatic rings. The van der Waals surface area contributed by atoms with E-state index in [-0.39, 0.29) is 5.56 Å². The second-order valence-electron chi connectivity index (χ2n) is 2.98. The van der Waals surface area contributed by atoms with Gasteiger partial charge in [-0.05, 0) is 13.0 Å². The van der Waals surface area contributed by atoms with Crippen molar-refractivity contribution in [3.05, 3.63) is 23.4 Å². The minimum absolute atomic E-state index is 0.176. The number of aromatic nitrogens is 1. The van der Waals surface area contributed by atoms with Crippen molar-refractivity contribution in [1.29, 1.82) is 0 Å². The standard InChI is InChI=1S/C10H13NO4/c1-7-5-8(10(12)13)6-9(11-7)15-4-3-14-2/h5-6H,3-4H2,1-2H3,(H,12,13). The molecule has 82 valence electrons. The number of aromatic carboxylic acids is 1. The fraction of sp³-hybridized carbons (Fsp3) is 0.400. The number of carboxylic acids is 1. The van der Waals surface area contributed by atoms with Crippen LogP contribution in [-0.4, -0.2) is 36.4 Å². The normalized spacial score (nSPS) is 10.0. The van der Waals surface area contributed by atoms with Gasteiger partial charge in [0.1, 0.15) is 6.61 Å². The van der Waals surface area contributed by atoms with Gasteiger partial charge in [0.2, 0.25) is 5.88 Å². The Morgan fingerprint density at radius 3 is 2.80 bits per heavy atom. The molecule has 0 aliphatic heterocycles. The summed E-state index contributed by atoms with van der Waals surface area (Å²) in [5.74, 6) is -0.679. The zero-order chi connectivity index (χ0) is 11.3. The van der Waals surface area contributed by atoms with Crippen molar-refractivity contribution in [2.45, 2.75) is 6.92 Å². The van der Waals surface area contributed by atoms with E-state index in [1.54, 1.807) is 14.0 Å². The van der Waals surface area contributed by atoms with Crippen molar-refractivity contribution < 1.29 is 19.4 Å². The summed E-state index contributed by atoms with van der Waals surface area (Å²) in [4.78, 5) is 14.8. The van der Waals surface area contributed by atoms with Crippen LogP contribution < -0.4 is 4.74 Å². The predicted molar refractivity (Wildman–Crippen MR) is 53.3 cm³/mol. The molecule has 0 aromatic carbocycles. The van der Waals surface area contributed by atoms with Gasteiger partial charge in [-0.3, -0.25) is 0 Å². The minimum atomic E-state index is -0.989. The summed E-state index contributed by atoms with van der Waals surface area (Å²) >= 11 is 0. The van der Waals surface area contributed by atoms with Crippen molar-refractivity contribution in [3.63, 3.8) is 0 Å². The average molecular weight is 211 g/mol. The number of methoxy groups -OCH3 is 1. The van der Waals surface area contributed by atoms with E-state index in [0.717, 1.165) is 0 Å². The molecule has 0 unspecified atom stereocenters. The Hall–Kier alpha value is -1.62. The lowest BCUT2D eigenvalue weighted by Crippen LogP contribution is -2.07. The van der Waals surface area contributed by atoms with Crippen LogP contribution in [0, 0.1) is 6.92 Å². The van der Waals surface area contributed by atoms with E-state index in [1.807, 2.05) is 0 Å². The lowest BCUT2D eigenvalue weighted by molar-refractivity contribution is 0.0695. The van der Waals surface area contributed by atoms with E-state index in [9.17, 15) is 4.79 Å². The van der Waals surface area contributed by atoms with Gasteiger partial charge >= 0.3 is 5.97 Å². The fourth-order valence-electron chi connectivity index (χ4n) is 1.07. The number of rotatable bonds is 5. The maximum absolute atomic E-state index is 10.7. The zero-order valence-electron chi connectivity index (χ0n) is 8.69. The number of hydrogen-bond donors (Lipinski definition) is 1. The maximum atomic E-state index is 10.7. The highest BCUT2D eigenvalue weighted by molar-refractivity contribution is 5.87. The third-order valence-electron chi connectivity index (χ3n) is 1.71. The van der Waals surface area contributed by atoms with E-state index < -0.39 is 5.97 Å². The summed E-state index contributed by atoms with van der Waals surface area (Å²) in [5.41, 5.74) is 0.789. The summed E-state index contributed by atoms with van der Waals surface area (Å²) in [5, 5.41) is 8.80. The quantitative estimate of drug-likeness (QED) is 0.739. The second kappa shape index (κ2) is 5.31. The number of aryl methyl sites for hydroxylation is 1. The van der Waals surface area contributed by atoms with Gasteiger partial charge in [-0.2, -0.15) is 0 Å². The first-order chi connectivity index (χ1) is 7.13. The summed E-state index contributed by atoms with van der Waals surface area (Å²) in [6, 6.07) is 2.89. The van der Waals surface area contributed by atoms with Crippen LogP contribution in [-0.2, 0) is 4.74 Å². The van der Waals surface area contributed by atoms with Crippen LogP contribution in [0.2, 0.25) is 0 Å². The molecule has 5 nitrogen and oxygen atoms in total. The zero-order valence-corrected chi connectivity index (χ0v) is 8.69. The van der Waals surface area contributed by atoms with Gasteiger partial charge in [0.25, 0.3) is 0 Å². The molecule has 1 heterocycles. The molecule has 1 aromatic rings. The highest BCUT2D eigenvalue weighted by atomic mass is 16.5. The SMILES string of the molecule is COCCOc1cc(C(=O)O)cc(C)n1. The highest BCUT2D eigenvalue weighted by Crippen LogP contribution is 2.12. The van der Waals surface area contributed by atoms with Crippen molar-refractivity contribution in [2.24, 2.45) is 0 Å². The number of carbonyl (C=O) groups is 1. The molecule has 0 saturated carbocycles. The van der Waals surface area contributed by atoms with Gasteiger partial charge < -0.3 is 14.6 Å². The molecule has 1 N–H and O–H groups in total. The molecule has 0 radical (unpaired) electrons. The minimum Gasteiger partial charge on any atom is -0.478 e. The number of hydrogen-bond acceptors (Lipinski definition) is 4. The van der Waals surface area contributed by atoms with E-state index in [4.69, 9.17) is 14.6 Å². The van der Waals surface area contributed by atoms with Crippen LogP contribution in [0.15, 0.2) is 12.1 Å². The monoisotopic (exact) mass is 211 g/mol. The molecular weight excluding hydrogens is 198 g/mol. The lowest BCUT2D eigenvalue weighted by Gasteiger charge is -2.06. The molecule has 0 fully saturated rings. The van der Waals surface area contributed by atoms with Crippen molar-refractivity contribution in [2.75, 3.05) is 20.3 Å². The van der Waals surface area contributed by atoms with Crippen LogP contribution in [0.1, 0.15) is 16.1 Å². The Kier molecular flexibility index (Phi) is 4.05. The molecule has 0 spiro atoms. The van der Waals surface area contributed by atoms with Gasteiger partial charge in [-0.25, -0.2) is 9.78 Å². The molecule has 0 amide bonds. The highest BCUT2D eigenvalue weighted by Gasteiger charge is 2.06. The number of nitrogens with zero attached hydrogens (tertiary/aromatic N) is 1. The third-order valence-corrected chi connectivity index (χ3v) is 1.71. The molecule has 1 aromatic heterocycles. The Labute approximate surface area is 87.7 Å². The molecule has 5 heteroatoms. The van der Waals surface area contributed by atoms with Crippen LogP contribution in [0.3, 0.4) is 0 Å². The largest absolute Gasteiger partial charge is 0.478 e. The number of ether oxygens (including phenoxy) is 2. The molecule has 15 heavy (non-hydrogen) atoms. The lowest BCUT2D eigenvalue weighted by atomic mass is 10.2. The maximum Gasteiger partial charge on any atom is 0.335 e. The number of carboxylic acid groups (broad SMARTS) is 1. The summed E-state index contributed by atoms with van der Waals surface area (Å²) in [6.07, 6.45) is 0. The van der Waals surface area contributed by atoms with Gasteiger partial charge in [-0.1, -0.05) is 0 Å². The Morgan fingerprint density at radius 1 is 1.47 bits per heavy atom. The van der Waals surface area contributed by atoms with Gasteiger partial charge in [0.15, 0.2) is 0 Å². The number of pyridine rings is 1. The van der Waals surface area contributed by atoms with E-state index >= 15 is 0 Å². The van der Waals surface area contributed by atoms with Crippen LogP contribution in [0.5, 0.6) is 5.88 Å². The molecule has 0 bridgehead atoms. The van der Waals surface area contributed by atoms with Gasteiger partial charge in [0.05, 0.1) is 12.2 Å². The Bertz CT molecular complexity index is 351. The van der Waals surface area contributed by atoms with Crippen molar-refractivity contribution in [1.82, 2.24) is 4.98 Å². The molecule has 0 saturated heterocycles. The predicted octanol–water partition coefficient (Wildman–Crippen LogP) is 1.11. The Morgan fingerprint density at radius 2 is 2.20 bits per heavy atom. The first-order valence-corrected chi connectivity index (χ1v) is 4.47. The van der Waals surface area contributed by atoms with Crippen LogP contribution >= 0.6 is 0 Å². The molecule has 0 aliphatic carbocycles. The van der Waals surface area contributed by atoms with E-state index in [0.29, 0.717) is 24.8 Å². The van der Waals surface area contributed by atoms with E-state index in [2.05, 4.69) is 4.98 Å². The topological polar surface area (TPSA) is 68.7 Å². The molecular formula is C10H13NO4. The van der Waals surface area contributed by atoms with Gasteiger partial charge in [-0.15, -0.1) is 0 Å². The Balaban J connectivity index is 2.75. The molecule has 1 rings (SSSR count). The third kappa shape index (κ3) is 3.55. The van der Waals surface area contributed by atoms with Crippen LogP contribution in [0.4, 0.5) is 0 Å². The summed E-state index contributed by atoms with van der Waals surface area (Å²) in [7, 11) is 1.57. The van der Waals surface area contributed by atoms with E-state index in [1.165, 1.54) is 12.1 Å². The van der Waals surface area contributed by atoms with Gasteiger partial charge in [0, 0.05) is 18.9 Å². The first kappa shape index (κ1) is 11.5. The summed E-state index contributed by atoms with van der Waals surface area (Å²) < 4.78 is 10.0. The van der Waals surface area contributed by atoms with Crippen LogP contribution in [0.25, 0.3) is 0 Å². The fourth-order valence-corrected chi connectivity index (χ4v) is 1.07. The van der Waals surface area contributed by atoms with Crippen molar-refractivity contribution >= 4 is 5.97 Å². The average Bonchev–Trinajstić information content (AvgIpc) is 2.17. The summed E-state index contributed by atoms with van der Waals surface area (Å²) in [6.45, 7) is 2.51. The smallest absolute Gasteiger partial charge is 0.335 e. The second-order valence-corrected chi connectivity index (χ2v) is 2.98. The molecule has 0 atom stereocenters.